The molecule has 7 nitrogen and oxygen atoms in total. The molecule has 0 heterocycles. The minimum atomic E-state index is -0.481. The third kappa shape index (κ3) is 5.59. The highest BCUT2D eigenvalue weighted by atomic mass is 32.2. The summed E-state index contributed by atoms with van der Waals surface area (Å²) in [6, 6.07) is 13.6. The molecule has 136 valence electrons. The highest BCUT2D eigenvalue weighted by Gasteiger charge is 2.17. The average Bonchev–Trinajstić information content (AvgIpc) is 2.61. The van der Waals surface area contributed by atoms with Crippen LogP contribution in [0.25, 0.3) is 0 Å². The molecule has 0 radical (unpaired) electrons. The topological polar surface area (TPSA) is 92.6 Å². The van der Waals surface area contributed by atoms with Gasteiger partial charge in [0.05, 0.1) is 22.1 Å². The van der Waals surface area contributed by atoms with Crippen LogP contribution in [0.4, 0.5) is 11.4 Å². The molecule has 2 aromatic rings. The zero-order valence-corrected chi connectivity index (χ0v) is 15.3. The number of aryl methyl sites for hydroxylation is 1. The number of rotatable bonds is 7. The van der Waals surface area contributed by atoms with E-state index in [-0.39, 0.29) is 29.8 Å². The molecule has 0 aliphatic carbocycles. The molecular formula is C18H19N3O4S. The molecule has 2 aromatic carbocycles. The van der Waals surface area contributed by atoms with Crippen LogP contribution in [-0.4, -0.2) is 41.0 Å². The average molecular weight is 373 g/mol. The summed E-state index contributed by atoms with van der Waals surface area (Å²) in [5.41, 5.74) is 1.71. The molecule has 0 saturated heterocycles. The number of carbonyl (C=O) groups is 2. The Balaban J connectivity index is 1.86. The number of nitrogens with zero attached hydrogens (tertiary/aromatic N) is 2. The van der Waals surface area contributed by atoms with E-state index in [0.717, 1.165) is 17.3 Å². The summed E-state index contributed by atoms with van der Waals surface area (Å²) in [6.45, 7) is 1.86. The van der Waals surface area contributed by atoms with Crippen molar-refractivity contribution in [2.75, 3.05) is 24.7 Å². The minimum Gasteiger partial charge on any atom is -0.336 e. The van der Waals surface area contributed by atoms with Gasteiger partial charge >= 0.3 is 0 Å². The van der Waals surface area contributed by atoms with Gasteiger partial charge in [-0.1, -0.05) is 29.8 Å². The Labute approximate surface area is 155 Å². The predicted molar refractivity (Wildman–Crippen MR) is 101 cm³/mol. The lowest BCUT2D eigenvalue weighted by molar-refractivity contribution is -0.387. The fraction of sp³-hybridized carbons (Fsp3) is 0.222. The first-order valence-corrected chi connectivity index (χ1v) is 8.82. The molecule has 0 fully saturated rings. The van der Waals surface area contributed by atoms with Gasteiger partial charge in [-0.05, 0) is 25.1 Å². The van der Waals surface area contributed by atoms with Crippen LogP contribution >= 0.6 is 11.8 Å². The first-order chi connectivity index (χ1) is 12.4. The number of nitro benzene ring substituents is 1. The van der Waals surface area contributed by atoms with E-state index >= 15 is 0 Å². The first-order valence-electron chi connectivity index (χ1n) is 7.83. The van der Waals surface area contributed by atoms with Crippen molar-refractivity contribution in [1.29, 1.82) is 0 Å². The van der Waals surface area contributed by atoms with Crippen LogP contribution in [0.3, 0.4) is 0 Å². The van der Waals surface area contributed by atoms with Gasteiger partial charge in [0, 0.05) is 18.8 Å². The molecule has 8 heteroatoms. The number of carbonyl (C=O) groups excluding carboxylic acids is 2. The van der Waals surface area contributed by atoms with E-state index in [1.54, 1.807) is 30.3 Å². The van der Waals surface area contributed by atoms with Gasteiger partial charge in [-0.2, -0.15) is 0 Å². The largest absolute Gasteiger partial charge is 0.336 e. The van der Waals surface area contributed by atoms with Gasteiger partial charge in [-0.3, -0.25) is 19.7 Å². The van der Waals surface area contributed by atoms with Crippen molar-refractivity contribution in [1.82, 2.24) is 4.90 Å². The third-order valence-electron chi connectivity index (χ3n) is 3.55. The summed E-state index contributed by atoms with van der Waals surface area (Å²) in [6.07, 6.45) is 0. The van der Waals surface area contributed by atoms with Crippen molar-refractivity contribution in [2.24, 2.45) is 0 Å². The van der Waals surface area contributed by atoms with Crippen LogP contribution < -0.4 is 5.32 Å². The second-order valence-electron chi connectivity index (χ2n) is 5.68. The van der Waals surface area contributed by atoms with Crippen LogP contribution in [0.2, 0.25) is 0 Å². The van der Waals surface area contributed by atoms with Crippen LogP contribution in [-0.2, 0) is 9.59 Å². The molecule has 2 amide bonds. The summed E-state index contributed by atoms with van der Waals surface area (Å²) in [7, 11) is 1.52. The number of thioether (sulfide) groups is 1. The van der Waals surface area contributed by atoms with E-state index < -0.39 is 4.92 Å². The molecule has 0 atom stereocenters. The molecule has 0 unspecified atom stereocenters. The fourth-order valence-corrected chi connectivity index (χ4v) is 3.09. The molecule has 0 aliphatic rings. The summed E-state index contributed by atoms with van der Waals surface area (Å²) >= 11 is 1.08. The fourth-order valence-electron chi connectivity index (χ4n) is 2.12. The standard InChI is InChI=1S/C18H19N3O4S/c1-13-7-9-14(10-8-13)19-17(22)11-20(2)18(23)12-26-16-6-4-3-5-15(16)21(24)25/h3-10H,11-12H2,1-2H3,(H,19,22). The highest BCUT2D eigenvalue weighted by molar-refractivity contribution is 8.00. The molecule has 0 aromatic heterocycles. The van der Waals surface area contributed by atoms with Crippen LogP contribution in [0.1, 0.15) is 5.56 Å². The van der Waals surface area contributed by atoms with Gasteiger partial charge < -0.3 is 10.2 Å². The highest BCUT2D eigenvalue weighted by Crippen LogP contribution is 2.28. The summed E-state index contributed by atoms with van der Waals surface area (Å²) in [4.78, 5) is 36.4. The van der Waals surface area contributed by atoms with Crippen LogP contribution in [0, 0.1) is 17.0 Å². The van der Waals surface area contributed by atoms with E-state index in [1.165, 1.54) is 18.0 Å². The number of nitro groups is 1. The van der Waals surface area contributed by atoms with Gasteiger partial charge in [0.1, 0.15) is 0 Å². The normalized spacial score (nSPS) is 10.2. The van der Waals surface area contributed by atoms with E-state index in [9.17, 15) is 19.7 Å². The molecule has 0 saturated carbocycles. The lowest BCUT2D eigenvalue weighted by Crippen LogP contribution is -2.35. The van der Waals surface area contributed by atoms with Gasteiger partial charge in [-0.25, -0.2) is 0 Å². The SMILES string of the molecule is Cc1ccc(NC(=O)CN(C)C(=O)CSc2ccccc2[N+](=O)[O-])cc1. The monoisotopic (exact) mass is 373 g/mol. The van der Waals surface area contributed by atoms with Crippen molar-refractivity contribution in [3.05, 3.63) is 64.2 Å². The number of nitrogens with one attached hydrogen (secondary N) is 1. The molecular weight excluding hydrogens is 354 g/mol. The number of likely N-dealkylation sites (N-methyl/N-ethyl adjacent to an activating group) is 1. The van der Waals surface area contributed by atoms with E-state index in [0.29, 0.717) is 10.6 Å². The summed E-state index contributed by atoms with van der Waals surface area (Å²) in [5, 5.41) is 13.7. The molecule has 0 bridgehead atoms. The Hall–Kier alpha value is -2.87. The molecule has 2 rings (SSSR count). The maximum atomic E-state index is 12.2. The predicted octanol–water partition coefficient (Wildman–Crippen LogP) is 3.09. The number of anilines is 1. The van der Waals surface area contributed by atoms with Crippen LogP contribution in [0.5, 0.6) is 0 Å². The van der Waals surface area contributed by atoms with E-state index in [1.807, 2.05) is 19.1 Å². The smallest absolute Gasteiger partial charge is 0.282 e. The number of para-hydroxylation sites is 1. The zero-order chi connectivity index (χ0) is 19.1. The molecule has 1 N–H and O–H groups in total. The molecule has 0 aliphatic heterocycles. The van der Waals surface area contributed by atoms with Gasteiger partial charge in [0.25, 0.3) is 5.69 Å². The number of amides is 2. The Kier molecular flexibility index (Phi) is 6.74. The minimum absolute atomic E-state index is 0.0131. The Morgan fingerprint density at radius 2 is 1.81 bits per heavy atom. The number of hydrogen-bond donors (Lipinski definition) is 1. The van der Waals surface area contributed by atoms with Crippen molar-refractivity contribution < 1.29 is 14.5 Å². The lowest BCUT2D eigenvalue weighted by Gasteiger charge is -2.16. The second-order valence-corrected chi connectivity index (χ2v) is 6.69. The van der Waals surface area contributed by atoms with Gasteiger partial charge in [0.15, 0.2) is 0 Å². The first kappa shape index (κ1) is 19.5. The number of benzene rings is 2. The third-order valence-corrected chi connectivity index (χ3v) is 4.60. The van der Waals surface area contributed by atoms with E-state index in [4.69, 9.17) is 0 Å². The second kappa shape index (κ2) is 9.00. The van der Waals surface area contributed by atoms with Crippen molar-refractivity contribution >= 4 is 35.0 Å². The Morgan fingerprint density at radius 1 is 1.15 bits per heavy atom. The van der Waals surface area contributed by atoms with Crippen molar-refractivity contribution in [3.63, 3.8) is 0 Å². The molecule has 26 heavy (non-hydrogen) atoms. The maximum Gasteiger partial charge on any atom is 0.282 e. The Bertz CT molecular complexity index is 808. The van der Waals surface area contributed by atoms with E-state index in [2.05, 4.69) is 5.32 Å². The molecule has 0 spiro atoms. The van der Waals surface area contributed by atoms with Crippen LogP contribution in [0.15, 0.2) is 53.4 Å². The lowest BCUT2D eigenvalue weighted by atomic mass is 10.2. The summed E-state index contributed by atoms with van der Waals surface area (Å²) < 4.78 is 0. The van der Waals surface area contributed by atoms with Crippen molar-refractivity contribution in [2.45, 2.75) is 11.8 Å². The van der Waals surface area contributed by atoms with Crippen molar-refractivity contribution in [3.8, 4) is 0 Å². The van der Waals surface area contributed by atoms with Gasteiger partial charge in [-0.15, -0.1) is 11.8 Å². The number of hydrogen-bond acceptors (Lipinski definition) is 5. The Morgan fingerprint density at radius 3 is 2.46 bits per heavy atom. The van der Waals surface area contributed by atoms with Gasteiger partial charge in [0.2, 0.25) is 11.8 Å². The maximum absolute atomic E-state index is 12.2. The zero-order valence-electron chi connectivity index (χ0n) is 14.5. The quantitative estimate of drug-likeness (QED) is 0.457. The summed E-state index contributed by atoms with van der Waals surface area (Å²) in [5.74, 6) is -0.577.